The Morgan fingerprint density at radius 2 is 1.97 bits per heavy atom. The Labute approximate surface area is 185 Å². The number of likely N-dealkylation sites (tertiary alicyclic amines) is 1. The summed E-state index contributed by atoms with van der Waals surface area (Å²) in [7, 11) is -3.08. The first kappa shape index (κ1) is 20.2. The van der Waals surface area contributed by atoms with E-state index in [1.165, 1.54) is 23.2 Å². The molecule has 2 unspecified atom stereocenters. The van der Waals surface area contributed by atoms with E-state index in [9.17, 15) is 8.42 Å². The van der Waals surface area contributed by atoms with Crippen LogP contribution in [-0.4, -0.2) is 60.6 Å². The lowest BCUT2D eigenvalue weighted by Crippen LogP contribution is -2.48. The average Bonchev–Trinajstić information content (AvgIpc) is 3.41. The van der Waals surface area contributed by atoms with Crippen LogP contribution >= 0.6 is 22.9 Å². The molecule has 158 valence electrons. The van der Waals surface area contributed by atoms with Crippen molar-refractivity contribution in [2.75, 3.05) is 25.9 Å². The van der Waals surface area contributed by atoms with Gasteiger partial charge in [-0.1, -0.05) is 41.1 Å². The van der Waals surface area contributed by atoms with Gasteiger partial charge in [-0.3, -0.25) is 4.90 Å². The number of piperazine rings is 1. The van der Waals surface area contributed by atoms with Crippen LogP contribution in [0.4, 0.5) is 0 Å². The van der Waals surface area contributed by atoms with Crippen LogP contribution in [0.2, 0.25) is 5.02 Å². The fourth-order valence-electron chi connectivity index (χ4n) is 4.43. The normalized spacial score (nSPS) is 22.2. The quantitative estimate of drug-likeness (QED) is 0.552. The van der Waals surface area contributed by atoms with E-state index in [4.69, 9.17) is 16.3 Å². The second-order valence-corrected chi connectivity index (χ2v) is 11.2. The van der Waals surface area contributed by atoms with Crippen molar-refractivity contribution in [1.29, 1.82) is 0 Å². The van der Waals surface area contributed by atoms with Crippen molar-refractivity contribution in [2.24, 2.45) is 0 Å². The fourth-order valence-corrected chi connectivity index (χ4v) is 6.69. The zero-order valence-electron chi connectivity index (χ0n) is 16.5. The van der Waals surface area contributed by atoms with Crippen LogP contribution in [0.5, 0.6) is 10.9 Å². The smallest absolute Gasteiger partial charge is 0.279 e. The van der Waals surface area contributed by atoms with Gasteiger partial charge in [-0.15, -0.1) is 0 Å². The largest absolute Gasteiger partial charge is 0.431 e. The number of ether oxygens (including phenoxy) is 1. The van der Waals surface area contributed by atoms with Gasteiger partial charge in [-0.2, -0.15) is 4.31 Å². The second-order valence-electron chi connectivity index (χ2n) is 7.93. The van der Waals surface area contributed by atoms with Gasteiger partial charge in [0.05, 0.1) is 21.5 Å². The Morgan fingerprint density at radius 1 is 1.17 bits per heavy atom. The molecule has 0 aliphatic carbocycles. The molecule has 2 aliphatic heterocycles. The summed E-state index contributed by atoms with van der Waals surface area (Å²) in [6, 6.07) is 14.2. The highest BCUT2D eigenvalue weighted by Gasteiger charge is 2.46. The minimum absolute atomic E-state index is 0.142. The SMILES string of the molecule is CS(=O)(=O)N1CC2CC1CN2CCc1ccc(Oc2nc3cccc(Cl)c3s2)cc1. The summed E-state index contributed by atoms with van der Waals surface area (Å²) in [4.78, 5) is 6.90. The van der Waals surface area contributed by atoms with Gasteiger partial charge >= 0.3 is 0 Å². The number of halogens is 1. The van der Waals surface area contributed by atoms with Crippen LogP contribution in [0.1, 0.15) is 12.0 Å². The molecule has 0 radical (unpaired) electrons. The summed E-state index contributed by atoms with van der Waals surface area (Å²) in [5.41, 5.74) is 2.07. The van der Waals surface area contributed by atoms with Crippen molar-refractivity contribution < 1.29 is 13.2 Å². The van der Waals surface area contributed by atoms with E-state index in [1.54, 1.807) is 4.31 Å². The number of nitrogens with zero attached hydrogens (tertiary/aromatic N) is 3. The van der Waals surface area contributed by atoms with Gasteiger partial charge in [0.25, 0.3) is 5.19 Å². The maximum Gasteiger partial charge on any atom is 0.279 e. The monoisotopic (exact) mass is 463 g/mol. The first-order valence-corrected chi connectivity index (χ1v) is 12.9. The Balaban J connectivity index is 1.18. The van der Waals surface area contributed by atoms with Gasteiger partial charge in [0.15, 0.2) is 0 Å². The van der Waals surface area contributed by atoms with Crippen molar-refractivity contribution in [3.8, 4) is 10.9 Å². The van der Waals surface area contributed by atoms with Crippen LogP contribution in [0, 0.1) is 0 Å². The maximum absolute atomic E-state index is 11.8. The van der Waals surface area contributed by atoms with E-state index >= 15 is 0 Å². The van der Waals surface area contributed by atoms with Crippen LogP contribution in [0.15, 0.2) is 42.5 Å². The fraction of sp³-hybridized carbons (Fsp3) is 0.381. The van der Waals surface area contributed by atoms with E-state index in [2.05, 4.69) is 22.0 Å². The van der Waals surface area contributed by atoms with Crippen molar-refractivity contribution in [3.05, 3.63) is 53.1 Å². The molecule has 0 spiro atoms. The van der Waals surface area contributed by atoms with E-state index < -0.39 is 10.0 Å². The molecule has 2 aliphatic rings. The predicted octanol–water partition coefficient (Wildman–Crippen LogP) is 4.00. The summed E-state index contributed by atoms with van der Waals surface area (Å²) in [6.45, 7) is 2.40. The van der Waals surface area contributed by atoms with Gasteiger partial charge in [0, 0.05) is 31.7 Å². The molecule has 2 atom stereocenters. The lowest BCUT2D eigenvalue weighted by atomic mass is 10.1. The van der Waals surface area contributed by atoms with Gasteiger partial charge in [-0.25, -0.2) is 13.4 Å². The van der Waals surface area contributed by atoms with Crippen LogP contribution in [0.3, 0.4) is 0 Å². The Bertz CT molecular complexity index is 1180. The summed E-state index contributed by atoms with van der Waals surface area (Å²) >= 11 is 7.65. The molecular formula is C21H22ClN3O3S2. The maximum atomic E-state index is 11.8. The number of hydrogen-bond donors (Lipinski definition) is 0. The number of sulfonamides is 1. The molecule has 6 nitrogen and oxygen atoms in total. The lowest BCUT2D eigenvalue weighted by molar-refractivity contribution is 0.184. The van der Waals surface area contributed by atoms with Gasteiger partial charge in [0.2, 0.25) is 10.0 Å². The van der Waals surface area contributed by atoms with E-state index in [0.29, 0.717) is 22.8 Å². The molecule has 3 aromatic rings. The minimum atomic E-state index is -3.08. The highest BCUT2D eigenvalue weighted by Crippen LogP contribution is 2.35. The van der Waals surface area contributed by atoms with Crippen molar-refractivity contribution in [1.82, 2.24) is 14.2 Å². The van der Waals surface area contributed by atoms with Crippen LogP contribution in [-0.2, 0) is 16.4 Å². The molecule has 0 N–H and O–H groups in total. The molecule has 0 amide bonds. The number of rotatable bonds is 6. The molecule has 2 aromatic carbocycles. The molecule has 3 heterocycles. The average molecular weight is 464 g/mol. The molecule has 5 rings (SSSR count). The summed E-state index contributed by atoms with van der Waals surface area (Å²) < 4.78 is 32.2. The molecule has 2 fully saturated rings. The topological polar surface area (TPSA) is 62.7 Å². The zero-order chi connectivity index (χ0) is 20.9. The molecule has 2 bridgehead atoms. The first-order valence-electron chi connectivity index (χ1n) is 9.89. The summed E-state index contributed by atoms with van der Waals surface area (Å²) in [5, 5.41) is 1.26. The number of hydrogen-bond acceptors (Lipinski definition) is 6. The van der Waals surface area contributed by atoms with Gasteiger partial charge < -0.3 is 4.74 Å². The number of fused-ring (bicyclic) bond motifs is 3. The van der Waals surface area contributed by atoms with Crippen LogP contribution in [0.25, 0.3) is 10.2 Å². The molecule has 30 heavy (non-hydrogen) atoms. The van der Waals surface area contributed by atoms with E-state index in [0.717, 1.165) is 41.9 Å². The first-order chi connectivity index (χ1) is 14.4. The zero-order valence-corrected chi connectivity index (χ0v) is 18.9. The van der Waals surface area contributed by atoms with Crippen LogP contribution < -0.4 is 4.74 Å². The van der Waals surface area contributed by atoms with Crippen molar-refractivity contribution in [2.45, 2.75) is 24.9 Å². The van der Waals surface area contributed by atoms with Gasteiger partial charge in [0.1, 0.15) is 5.75 Å². The lowest BCUT2D eigenvalue weighted by Gasteiger charge is -2.32. The van der Waals surface area contributed by atoms with Crippen molar-refractivity contribution in [3.63, 3.8) is 0 Å². The highest BCUT2D eigenvalue weighted by molar-refractivity contribution is 7.88. The molecular weight excluding hydrogens is 442 g/mol. The van der Waals surface area contributed by atoms with E-state index in [-0.39, 0.29) is 6.04 Å². The van der Waals surface area contributed by atoms with Crippen molar-refractivity contribution >= 4 is 43.2 Å². The standard InChI is InChI=1S/C21H22ClN3O3S2/c1-30(26,27)25-13-15-11-16(25)12-24(15)10-9-14-5-7-17(8-6-14)28-21-23-19-4-2-3-18(22)20(19)29-21/h2-8,15-16H,9-13H2,1H3. The molecule has 0 saturated carbocycles. The third kappa shape index (κ3) is 3.94. The predicted molar refractivity (Wildman–Crippen MR) is 120 cm³/mol. The van der Waals surface area contributed by atoms with Gasteiger partial charge in [-0.05, 0) is 42.7 Å². The third-order valence-corrected chi connectivity index (χ3v) is 8.60. The molecule has 2 saturated heterocycles. The Kier molecular flexibility index (Phi) is 5.23. The summed E-state index contributed by atoms with van der Waals surface area (Å²) in [6.07, 6.45) is 3.19. The second kappa shape index (κ2) is 7.76. The Morgan fingerprint density at radius 3 is 2.63 bits per heavy atom. The molecule has 9 heteroatoms. The summed E-state index contributed by atoms with van der Waals surface area (Å²) in [5.74, 6) is 0.748. The van der Waals surface area contributed by atoms with E-state index in [1.807, 2.05) is 30.3 Å². The third-order valence-electron chi connectivity index (χ3n) is 5.89. The number of benzene rings is 2. The number of thiazole rings is 1. The molecule has 1 aromatic heterocycles. The number of aromatic nitrogens is 1. The Hall–Kier alpha value is -1.71. The highest BCUT2D eigenvalue weighted by atomic mass is 35.5. The minimum Gasteiger partial charge on any atom is -0.431 e.